The maximum absolute atomic E-state index is 11.9. The Labute approximate surface area is 134 Å². The number of ether oxygens (including phenoxy) is 1. The lowest BCUT2D eigenvalue weighted by Crippen LogP contribution is -2.40. The van der Waals surface area contributed by atoms with E-state index >= 15 is 0 Å². The van der Waals surface area contributed by atoms with Crippen LogP contribution < -0.4 is 15.4 Å². The minimum absolute atomic E-state index is 0.0617. The fraction of sp³-hybridized carbons (Fsp3) is 0.412. The third kappa shape index (κ3) is 3.97. The smallest absolute Gasteiger partial charge is 0.237 e. The molecule has 6 heteroatoms. The first-order valence-electron chi connectivity index (χ1n) is 7.90. The zero-order valence-electron chi connectivity index (χ0n) is 12.9. The number of aromatic nitrogens is 1. The van der Waals surface area contributed by atoms with Crippen LogP contribution in [0.2, 0.25) is 0 Å². The molecule has 0 saturated carbocycles. The van der Waals surface area contributed by atoms with E-state index in [2.05, 4.69) is 15.6 Å². The number of hydrogen-bond donors (Lipinski definition) is 3. The molecule has 0 radical (unpaired) electrons. The average Bonchev–Trinajstić information content (AvgIpc) is 3.01. The molecule has 3 rings (SSSR count). The van der Waals surface area contributed by atoms with Crippen LogP contribution in [0.25, 0.3) is 10.9 Å². The Morgan fingerprint density at radius 3 is 3.09 bits per heavy atom. The van der Waals surface area contributed by atoms with Crippen molar-refractivity contribution in [2.75, 3.05) is 19.7 Å². The van der Waals surface area contributed by atoms with E-state index in [-0.39, 0.29) is 11.9 Å². The van der Waals surface area contributed by atoms with Crippen molar-refractivity contribution in [3.05, 3.63) is 36.5 Å². The van der Waals surface area contributed by atoms with Crippen LogP contribution in [0.5, 0.6) is 5.75 Å². The summed E-state index contributed by atoms with van der Waals surface area (Å²) in [6.45, 7) is 1.54. The molecule has 6 nitrogen and oxygen atoms in total. The minimum atomic E-state index is -0.423. The van der Waals surface area contributed by atoms with Gasteiger partial charge in [0.05, 0.1) is 18.8 Å². The highest BCUT2D eigenvalue weighted by atomic mass is 16.5. The van der Waals surface area contributed by atoms with Gasteiger partial charge in [0.1, 0.15) is 11.3 Å². The van der Waals surface area contributed by atoms with Crippen molar-refractivity contribution in [3.8, 4) is 5.75 Å². The summed E-state index contributed by atoms with van der Waals surface area (Å²) in [5, 5.41) is 16.3. The van der Waals surface area contributed by atoms with Gasteiger partial charge in [-0.1, -0.05) is 18.2 Å². The van der Waals surface area contributed by atoms with Gasteiger partial charge in [-0.2, -0.15) is 0 Å². The minimum Gasteiger partial charge on any atom is -0.491 e. The molecule has 0 bridgehead atoms. The predicted octanol–water partition coefficient (Wildman–Crippen LogP) is 0.843. The lowest BCUT2D eigenvalue weighted by atomic mass is 10.2. The standard InChI is InChI=1S/C17H21N3O3/c21-13-10-14(20-11-13)17(22)19-8-3-9-23-15-6-1-4-12-5-2-7-18-16(12)15/h1-2,4-7,13-14,20-21H,3,8-11H2,(H,19,22). The third-order valence-electron chi connectivity index (χ3n) is 3.90. The maximum atomic E-state index is 11.9. The van der Waals surface area contributed by atoms with E-state index in [4.69, 9.17) is 4.74 Å². The monoisotopic (exact) mass is 315 g/mol. The van der Waals surface area contributed by atoms with Crippen LogP contribution in [0.1, 0.15) is 12.8 Å². The van der Waals surface area contributed by atoms with Crippen molar-refractivity contribution < 1.29 is 14.6 Å². The van der Waals surface area contributed by atoms with Gasteiger partial charge in [-0.15, -0.1) is 0 Å². The highest BCUT2D eigenvalue weighted by Crippen LogP contribution is 2.22. The maximum Gasteiger partial charge on any atom is 0.237 e. The molecule has 2 unspecified atom stereocenters. The molecule has 1 amide bonds. The SMILES string of the molecule is O=C(NCCCOc1cccc2cccnc12)C1CC(O)CN1. The molecule has 1 aromatic heterocycles. The van der Waals surface area contributed by atoms with Crippen LogP contribution >= 0.6 is 0 Å². The lowest BCUT2D eigenvalue weighted by molar-refractivity contribution is -0.122. The summed E-state index contributed by atoms with van der Waals surface area (Å²) in [6, 6.07) is 9.45. The molecule has 122 valence electrons. The number of carbonyl (C=O) groups is 1. The Balaban J connectivity index is 1.42. The number of amides is 1. The summed E-state index contributed by atoms with van der Waals surface area (Å²) in [4.78, 5) is 16.2. The number of pyridine rings is 1. The number of aliphatic hydroxyl groups excluding tert-OH is 1. The molecule has 2 aromatic rings. The number of β-amino-alcohol motifs (C(OH)–C–C–N with tert-alkyl or cyclic N) is 1. The summed E-state index contributed by atoms with van der Waals surface area (Å²) < 4.78 is 5.77. The molecule has 2 atom stereocenters. The second-order valence-electron chi connectivity index (χ2n) is 5.67. The van der Waals surface area contributed by atoms with Crippen LogP contribution in [-0.4, -0.2) is 47.8 Å². The van der Waals surface area contributed by atoms with Gasteiger partial charge in [0.2, 0.25) is 5.91 Å². The van der Waals surface area contributed by atoms with Crippen LogP contribution in [0.3, 0.4) is 0 Å². The summed E-state index contributed by atoms with van der Waals surface area (Å²) >= 11 is 0. The fourth-order valence-corrected chi connectivity index (χ4v) is 2.70. The van der Waals surface area contributed by atoms with E-state index in [9.17, 15) is 9.90 Å². The number of fused-ring (bicyclic) bond motifs is 1. The first-order valence-corrected chi connectivity index (χ1v) is 7.90. The summed E-state index contributed by atoms with van der Waals surface area (Å²) in [7, 11) is 0. The van der Waals surface area contributed by atoms with Gasteiger partial charge in [0.15, 0.2) is 0 Å². The van der Waals surface area contributed by atoms with Crippen LogP contribution in [0.4, 0.5) is 0 Å². The Hall–Kier alpha value is -2.18. The summed E-state index contributed by atoms with van der Waals surface area (Å²) in [5.41, 5.74) is 0.850. The lowest BCUT2D eigenvalue weighted by Gasteiger charge is -2.12. The molecule has 0 aliphatic carbocycles. The highest BCUT2D eigenvalue weighted by molar-refractivity contribution is 5.84. The number of nitrogens with one attached hydrogen (secondary N) is 2. The number of aliphatic hydroxyl groups is 1. The second-order valence-corrected chi connectivity index (χ2v) is 5.67. The molecular weight excluding hydrogens is 294 g/mol. The Morgan fingerprint density at radius 2 is 2.26 bits per heavy atom. The van der Waals surface area contributed by atoms with Crippen molar-refractivity contribution in [3.63, 3.8) is 0 Å². The molecule has 23 heavy (non-hydrogen) atoms. The first-order chi connectivity index (χ1) is 11.2. The van der Waals surface area contributed by atoms with Crippen molar-refractivity contribution in [1.82, 2.24) is 15.6 Å². The normalized spacial score (nSPS) is 20.6. The van der Waals surface area contributed by atoms with E-state index in [0.717, 1.165) is 16.7 Å². The zero-order chi connectivity index (χ0) is 16.1. The van der Waals surface area contributed by atoms with Gasteiger partial charge in [-0.05, 0) is 25.0 Å². The van der Waals surface area contributed by atoms with Gasteiger partial charge in [-0.3, -0.25) is 9.78 Å². The second kappa shape index (κ2) is 7.39. The largest absolute Gasteiger partial charge is 0.491 e. The molecule has 0 spiro atoms. The third-order valence-corrected chi connectivity index (χ3v) is 3.90. The van der Waals surface area contributed by atoms with Gasteiger partial charge >= 0.3 is 0 Å². The number of rotatable bonds is 6. The van der Waals surface area contributed by atoms with Crippen molar-refractivity contribution in [2.45, 2.75) is 25.0 Å². The quantitative estimate of drug-likeness (QED) is 0.688. The number of para-hydroxylation sites is 1. The van der Waals surface area contributed by atoms with Gasteiger partial charge in [0, 0.05) is 24.7 Å². The van der Waals surface area contributed by atoms with E-state index in [1.807, 2.05) is 30.3 Å². The van der Waals surface area contributed by atoms with E-state index in [0.29, 0.717) is 32.5 Å². The van der Waals surface area contributed by atoms with Crippen molar-refractivity contribution in [1.29, 1.82) is 0 Å². The zero-order valence-corrected chi connectivity index (χ0v) is 12.9. The van der Waals surface area contributed by atoms with E-state index < -0.39 is 6.10 Å². The molecule has 1 saturated heterocycles. The molecule has 2 heterocycles. The number of benzene rings is 1. The van der Waals surface area contributed by atoms with E-state index in [1.165, 1.54) is 0 Å². The van der Waals surface area contributed by atoms with Gasteiger partial charge < -0.3 is 20.5 Å². The first kappa shape index (κ1) is 15.7. The van der Waals surface area contributed by atoms with Crippen LogP contribution in [0, 0.1) is 0 Å². The Bertz CT molecular complexity index is 672. The number of hydrogen-bond acceptors (Lipinski definition) is 5. The van der Waals surface area contributed by atoms with Gasteiger partial charge in [0.25, 0.3) is 0 Å². The summed E-state index contributed by atoms with van der Waals surface area (Å²) in [5.74, 6) is 0.698. The molecule has 1 aromatic carbocycles. The number of carbonyl (C=O) groups excluding carboxylic acids is 1. The van der Waals surface area contributed by atoms with Crippen molar-refractivity contribution in [2.24, 2.45) is 0 Å². The molecule has 1 fully saturated rings. The average molecular weight is 315 g/mol. The summed E-state index contributed by atoms with van der Waals surface area (Å²) in [6.07, 6.45) is 2.51. The molecule has 1 aliphatic rings. The molecular formula is C17H21N3O3. The predicted molar refractivity (Wildman–Crippen MR) is 87.3 cm³/mol. The van der Waals surface area contributed by atoms with Crippen LogP contribution in [0.15, 0.2) is 36.5 Å². The fourth-order valence-electron chi connectivity index (χ4n) is 2.70. The molecule has 1 aliphatic heterocycles. The Morgan fingerprint density at radius 1 is 1.39 bits per heavy atom. The Kier molecular flexibility index (Phi) is 5.05. The highest BCUT2D eigenvalue weighted by Gasteiger charge is 2.27. The van der Waals surface area contributed by atoms with Crippen molar-refractivity contribution >= 4 is 16.8 Å². The topological polar surface area (TPSA) is 83.5 Å². The molecule has 3 N–H and O–H groups in total. The number of nitrogens with zero attached hydrogens (tertiary/aromatic N) is 1. The van der Waals surface area contributed by atoms with E-state index in [1.54, 1.807) is 6.20 Å². The van der Waals surface area contributed by atoms with Gasteiger partial charge in [-0.25, -0.2) is 0 Å². The van der Waals surface area contributed by atoms with Crippen LogP contribution in [-0.2, 0) is 4.79 Å².